The van der Waals surface area contributed by atoms with Crippen molar-refractivity contribution in [3.63, 3.8) is 0 Å². The summed E-state index contributed by atoms with van der Waals surface area (Å²) in [6.45, 7) is 3.77. The molecule has 6 nitrogen and oxygen atoms in total. The lowest BCUT2D eigenvalue weighted by atomic mass is 10.1. The molecular formula is C23H25F3N4O2S. The molecule has 0 radical (unpaired) electrons. The van der Waals surface area contributed by atoms with Crippen LogP contribution in [0.3, 0.4) is 0 Å². The molecule has 3 rings (SSSR count). The zero-order valence-electron chi connectivity index (χ0n) is 18.3. The van der Waals surface area contributed by atoms with Crippen molar-refractivity contribution in [3.8, 4) is 17.0 Å². The molecule has 0 aliphatic carbocycles. The smallest absolute Gasteiger partial charge is 0.406 e. The van der Waals surface area contributed by atoms with Crippen LogP contribution >= 0.6 is 11.8 Å². The summed E-state index contributed by atoms with van der Waals surface area (Å²) in [6.07, 6.45) is -2.84. The van der Waals surface area contributed by atoms with Crippen LogP contribution in [0.1, 0.15) is 13.8 Å². The maximum absolute atomic E-state index is 12.7. The van der Waals surface area contributed by atoms with E-state index < -0.39 is 6.36 Å². The summed E-state index contributed by atoms with van der Waals surface area (Å²) in [5.41, 5.74) is 1.65. The third-order valence-electron chi connectivity index (χ3n) is 4.78. The second-order valence-corrected chi connectivity index (χ2v) is 8.39. The Hall–Kier alpha value is -2.98. The molecule has 3 aromatic rings. The van der Waals surface area contributed by atoms with Gasteiger partial charge in [0.2, 0.25) is 5.95 Å². The molecule has 176 valence electrons. The minimum absolute atomic E-state index is 0.0967. The number of nitrogens with one attached hydrogen (secondary N) is 2. The van der Waals surface area contributed by atoms with Gasteiger partial charge in [0.15, 0.2) is 0 Å². The largest absolute Gasteiger partial charge is 0.573 e. The summed E-state index contributed by atoms with van der Waals surface area (Å²) in [7, 11) is 0. The summed E-state index contributed by atoms with van der Waals surface area (Å²) >= 11 is 1.57. The van der Waals surface area contributed by atoms with Gasteiger partial charge in [-0.15, -0.1) is 24.9 Å². The van der Waals surface area contributed by atoms with Crippen molar-refractivity contribution in [2.24, 2.45) is 5.92 Å². The number of rotatable bonds is 9. The SMILES string of the molecule is CSc1ccccc1Nc1cc(-c2cccc(OC(F)(F)F)c2)nc(N[C@H](CO)C(C)C)n1. The number of para-hydroxylation sites is 1. The zero-order valence-corrected chi connectivity index (χ0v) is 19.2. The van der Waals surface area contributed by atoms with E-state index in [1.54, 1.807) is 23.9 Å². The third kappa shape index (κ3) is 7.00. The lowest BCUT2D eigenvalue weighted by Crippen LogP contribution is -2.30. The number of aromatic nitrogens is 2. The average Bonchev–Trinajstić information content (AvgIpc) is 2.76. The van der Waals surface area contributed by atoms with Crippen molar-refractivity contribution in [2.45, 2.75) is 31.1 Å². The van der Waals surface area contributed by atoms with Crippen LogP contribution in [0.15, 0.2) is 59.5 Å². The van der Waals surface area contributed by atoms with Crippen LogP contribution in [0, 0.1) is 5.92 Å². The summed E-state index contributed by atoms with van der Waals surface area (Å²) in [5, 5.41) is 16.1. The van der Waals surface area contributed by atoms with Gasteiger partial charge in [-0.05, 0) is 36.4 Å². The Morgan fingerprint density at radius 3 is 2.48 bits per heavy atom. The van der Waals surface area contributed by atoms with Crippen LogP contribution in [-0.4, -0.2) is 40.3 Å². The molecule has 1 atom stereocenters. The number of aliphatic hydroxyl groups excluding tert-OH is 1. The summed E-state index contributed by atoms with van der Waals surface area (Å²) < 4.78 is 42.1. The topological polar surface area (TPSA) is 79.3 Å². The first-order valence-corrected chi connectivity index (χ1v) is 11.4. The van der Waals surface area contributed by atoms with E-state index in [1.165, 1.54) is 18.2 Å². The van der Waals surface area contributed by atoms with Gasteiger partial charge >= 0.3 is 6.36 Å². The van der Waals surface area contributed by atoms with E-state index >= 15 is 0 Å². The summed E-state index contributed by atoms with van der Waals surface area (Å²) in [5.74, 6) is 0.447. The highest BCUT2D eigenvalue weighted by atomic mass is 32.2. The molecule has 0 saturated heterocycles. The second-order valence-electron chi connectivity index (χ2n) is 7.54. The molecule has 0 unspecified atom stereocenters. The summed E-state index contributed by atoms with van der Waals surface area (Å²) in [6, 6.07) is 14.6. The van der Waals surface area contributed by atoms with Crippen LogP contribution in [0.25, 0.3) is 11.3 Å². The number of ether oxygens (including phenoxy) is 1. The molecule has 1 heterocycles. The van der Waals surface area contributed by atoms with Crippen molar-refractivity contribution in [3.05, 3.63) is 54.6 Å². The van der Waals surface area contributed by atoms with Crippen molar-refractivity contribution in [1.29, 1.82) is 0 Å². The number of hydrogen-bond acceptors (Lipinski definition) is 7. The fourth-order valence-electron chi connectivity index (χ4n) is 3.05. The number of halogens is 3. The normalized spacial score (nSPS) is 12.5. The van der Waals surface area contributed by atoms with Gasteiger partial charge in [0.05, 0.1) is 24.0 Å². The molecule has 0 spiro atoms. The van der Waals surface area contributed by atoms with Crippen molar-refractivity contribution in [2.75, 3.05) is 23.5 Å². The van der Waals surface area contributed by atoms with E-state index in [-0.39, 0.29) is 30.3 Å². The number of hydrogen-bond donors (Lipinski definition) is 3. The Balaban J connectivity index is 2.03. The number of thioether (sulfide) groups is 1. The number of nitrogens with zero attached hydrogens (tertiary/aromatic N) is 2. The van der Waals surface area contributed by atoms with E-state index in [1.807, 2.05) is 44.4 Å². The second kappa shape index (κ2) is 10.8. The monoisotopic (exact) mass is 478 g/mol. The highest BCUT2D eigenvalue weighted by Crippen LogP contribution is 2.31. The molecule has 10 heteroatoms. The van der Waals surface area contributed by atoms with Crippen LogP contribution in [0.2, 0.25) is 0 Å². The minimum atomic E-state index is -4.79. The quantitative estimate of drug-likeness (QED) is 0.329. The predicted octanol–water partition coefficient (Wildman–Crippen LogP) is 5.94. The van der Waals surface area contributed by atoms with Gasteiger partial charge < -0.3 is 20.5 Å². The van der Waals surface area contributed by atoms with Crippen molar-refractivity contribution < 1.29 is 23.0 Å². The number of alkyl halides is 3. The highest BCUT2D eigenvalue weighted by molar-refractivity contribution is 7.98. The molecule has 0 aliphatic rings. The fraction of sp³-hybridized carbons (Fsp3) is 0.304. The molecule has 0 saturated carbocycles. The predicted molar refractivity (Wildman–Crippen MR) is 125 cm³/mol. The third-order valence-corrected chi connectivity index (χ3v) is 5.57. The zero-order chi connectivity index (χ0) is 24.0. The lowest BCUT2D eigenvalue weighted by Gasteiger charge is -2.21. The number of anilines is 3. The van der Waals surface area contributed by atoms with Gasteiger partial charge in [0.25, 0.3) is 0 Å². The highest BCUT2D eigenvalue weighted by Gasteiger charge is 2.31. The molecule has 3 N–H and O–H groups in total. The van der Waals surface area contributed by atoms with Gasteiger partial charge in [0.1, 0.15) is 11.6 Å². The van der Waals surface area contributed by atoms with Crippen molar-refractivity contribution in [1.82, 2.24) is 9.97 Å². The summed E-state index contributed by atoms with van der Waals surface area (Å²) in [4.78, 5) is 10.00. The van der Waals surface area contributed by atoms with Crippen LogP contribution < -0.4 is 15.4 Å². The van der Waals surface area contributed by atoms with Gasteiger partial charge in [-0.2, -0.15) is 4.98 Å². The van der Waals surface area contributed by atoms with E-state index in [0.717, 1.165) is 10.6 Å². The molecule has 0 amide bonds. The van der Waals surface area contributed by atoms with E-state index in [0.29, 0.717) is 17.1 Å². The van der Waals surface area contributed by atoms with E-state index in [4.69, 9.17) is 0 Å². The minimum Gasteiger partial charge on any atom is -0.406 e. The fourth-order valence-corrected chi connectivity index (χ4v) is 3.60. The average molecular weight is 479 g/mol. The molecule has 2 aromatic carbocycles. The molecule has 0 fully saturated rings. The first-order chi connectivity index (χ1) is 15.7. The Labute approximate surface area is 194 Å². The lowest BCUT2D eigenvalue weighted by molar-refractivity contribution is -0.274. The van der Waals surface area contributed by atoms with Crippen molar-refractivity contribution >= 4 is 29.2 Å². The van der Waals surface area contributed by atoms with Crippen LogP contribution in [0.5, 0.6) is 5.75 Å². The van der Waals surface area contributed by atoms with Gasteiger partial charge in [-0.25, -0.2) is 4.98 Å². The number of benzene rings is 2. The maximum Gasteiger partial charge on any atom is 0.573 e. The standard InChI is InChI=1S/C23H25F3N4O2S/c1-14(2)19(13-31)29-22-28-18(15-7-6-8-16(11-15)32-23(24,25)26)12-21(30-22)27-17-9-4-5-10-20(17)33-3/h4-12,14,19,31H,13H2,1-3H3,(H2,27,28,29,30)/t19-/m1/s1. The van der Waals surface area contributed by atoms with Crippen LogP contribution in [0.4, 0.5) is 30.6 Å². The van der Waals surface area contributed by atoms with Gasteiger partial charge in [0, 0.05) is 16.5 Å². The molecule has 33 heavy (non-hydrogen) atoms. The maximum atomic E-state index is 12.7. The Morgan fingerprint density at radius 1 is 1.06 bits per heavy atom. The first kappa shape index (κ1) is 24.7. The van der Waals surface area contributed by atoms with Crippen LogP contribution in [-0.2, 0) is 0 Å². The Bertz CT molecular complexity index is 1080. The van der Waals surface area contributed by atoms with E-state index in [2.05, 4.69) is 25.3 Å². The number of aliphatic hydroxyl groups is 1. The molecular weight excluding hydrogens is 453 g/mol. The van der Waals surface area contributed by atoms with Gasteiger partial charge in [-0.1, -0.05) is 38.1 Å². The molecule has 1 aromatic heterocycles. The first-order valence-electron chi connectivity index (χ1n) is 10.2. The Kier molecular flexibility index (Phi) is 8.04. The Morgan fingerprint density at radius 2 is 1.82 bits per heavy atom. The molecule has 0 bridgehead atoms. The van der Waals surface area contributed by atoms with Gasteiger partial charge in [-0.3, -0.25) is 0 Å². The molecule has 0 aliphatic heterocycles. The van der Waals surface area contributed by atoms with E-state index in [9.17, 15) is 18.3 Å².